The van der Waals surface area contributed by atoms with E-state index in [0.717, 1.165) is 18.7 Å². The molecule has 5 rings (SSSR count). The SMILES string of the molecule is Clc1cccc(-c2nnc(N3CCN4CCC3CC4)o2)c1.O=C(O)/C=C/C(=O)O. The second-order valence-corrected chi connectivity index (χ2v) is 7.11. The number of carboxylic acids is 2. The van der Waals surface area contributed by atoms with E-state index >= 15 is 0 Å². The third-order valence-electron chi connectivity index (χ3n) is 4.76. The van der Waals surface area contributed by atoms with Crippen molar-refractivity contribution in [3.05, 3.63) is 41.4 Å². The molecule has 4 heterocycles. The van der Waals surface area contributed by atoms with Crippen LogP contribution in [0, 0.1) is 0 Å². The van der Waals surface area contributed by atoms with E-state index in [9.17, 15) is 9.59 Å². The van der Waals surface area contributed by atoms with Crippen molar-refractivity contribution >= 4 is 29.6 Å². The van der Waals surface area contributed by atoms with Crippen molar-refractivity contribution in [1.82, 2.24) is 15.1 Å². The molecule has 3 saturated heterocycles. The van der Waals surface area contributed by atoms with Crippen LogP contribution >= 0.6 is 11.6 Å². The van der Waals surface area contributed by atoms with E-state index in [1.807, 2.05) is 24.3 Å². The summed E-state index contributed by atoms with van der Waals surface area (Å²) < 4.78 is 5.90. The van der Waals surface area contributed by atoms with Crippen molar-refractivity contribution in [3.63, 3.8) is 0 Å². The van der Waals surface area contributed by atoms with E-state index in [2.05, 4.69) is 20.0 Å². The first-order chi connectivity index (χ1) is 13.9. The van der Waals surface area contributed by atoms with Crippen molar-refractivity contribution in [2.75, 3.05) is 31.1 Å². The van der Waals surface area contributed by atoms with Crippen LogP contribution in [0.1, 0.15) is 12.8 Å². The molecule has 3 fully saturated rings. The second-order valence-electron chi connectivity index (χ2n) is 6.68. The van der Waals surface area contributed by atoms with Gasteiger partial charge in [0.05, 0.1) is 0 Å². The molecular formula is C19H21ClN4O5. The fraction of sp³-hybridized carbons (Fsp3) is 0.368. The van der Waals surface area contributed by atoms with Gasteiger partial charge < -0.3 is 24.4 Å². The van der Waals surface area contributed by atoms with Crippen molar-refractivity contribution in [2.45, 2.75) is 18.9 Å². The number of carboxylic acid groups (broad SMARTS) is 2. The number of halogens is 1. The maximum Gasteiger partial charge on any atom is 0.328 e. The van der Waals surface area contributed by atoms with Gasteiger partial charge in [0.15, 0.2) is 0 Å². The van der Waals surface area contributed by atoms with Crippen molar-refractivity contribution in [3.8, 4) is 11.5 Å². The maximum atomic E-state index is 9.55. The summed E-state index contributed by atoms with van der Waals surface area (Å²) in [6.07, 6.45) is 3.47. The second kappa shape index (κ2) is 9.53. The Hall–Kier alpha value is -2.91. The minimum atomic E-state index is -1.26. The molecule has 9 nitrogen and oxygen atoms in total. The summed E-state index contributed by atoms with van der Waals surface area (Å²) in [5.41, 5.74) is 0.865. The number of nitrogens with zero attached hydrogens (tertiary/aromatic N) is 4. The molecular weight excluding hydrogens is 400 g/mol. The molecule has 10 heteroatoms. The number of fused-ring (bicyclic) bond motifs is 4. The quantitative estimate of drug-likeness (QED) is 0.718. The Kier molecular flexibility index (Phi) is 6.84. The van der Waals surface area contributed by atoms with Gasteiger partial charge in [0.2, 0.25) is 5.89 Å². The molecule has 3 aliphatic rings. The Balaban J connectivity index is 0.000000258. The van der Waals surface area contributed by atoms with Gasteiger partial charge in [-0.15, -0.1) is 5.10 Å². The Bertz CT molecular complexity index is 876. The topological polar surface area (TPSA) is 120 Å². The van der Waals surface area contributed by atoms with Gasteiger partial charge in [-0.25, -0.2) is 9.59 Å². The largest absolute Gasteiger partial charge is 0.478 e. The van der Waals surface area contributed by atoms with Crippen molar-refractivity contribution in [1.29, 1.82) is 0 Å². The van der Waals surface area contributed by atoms with Crippen LogP contribution in [0.5, 0.6) is 0 Å². The number of hydrogen-bond donors (Lipinski definition) is 2. The third kappa shape index (κ3) is 5.78. The van der Waals surface area contributed by atoms with E-state index in [1.165, 1.54) is 25.9 Å². The monoisotopic (exact) mass is 420 g/mol. The normalized spacial score (nSPS) is 20.8. The van der Waals surface area contributed by atoms with Gasteiger partial charge in [0.25, 0.3) is 0 Å². The lowest BCUT2D eigenvalue weighted by atomic mass is 10.1. The molecule has 0 spiro atoms. The molecule has 0 radical (unpaired) electrons. The highest BCUT2D eigenvalue weighted by molar-refractivity contribution is 6.30. The van der Waals surface area contributed by atoms with Crippen molar-refractivity contribution < 1.29 is 24.2 Å². The first-order valence-corrected chi connectivity index (χ1v) is 9.52. The lowest BCUT2D eigenvalue weighted by Crippen LogP contribution is -2.38. The zero-order valence-corrected chi connectivity index (χ0v) is 16.3. The predicted molar refractivity (Wildman–Crippen MR) is 106 cm³/mol. The van der Waals surface area contributed by atoms with Crippen LogP contribution < -0.4 is 4.90 Å². The number of aliphatic carboxylic acids is 2. The van der Waals surface area contributed by atoms with Gasteiger partial charge in [-0.05, 0) is 31.0 Å². The molecule has 0 unspecified atom stereocenters. The smallest absolute Gasteiger partial charge is 0.328 e. The number of anilines is 1. The summed E-state index contributed by atoms with van der Waals surface area (Å²) in [5, 5.41) is 24.7. The van der Waals surface area contributed by atoms with E-state index in [1.54, 1.807) is 0 Å². The fourth-order valence-corrected chi connectivity index (χ4v) is 3.54. The minimum absolute atomic E-state index is 0.524. The molecule has 2 bridgehead atoms. The van der Waals surface area contributed by atoms with Gasteiger partial charge in [-0.2, -0.15) is 0 Å². The summed E-state index contributed by atoms with van der Waals surface area (Å²) in [6.45, 7) is 4.39. The van der Waals surface area contributed by atoms with E-state index in [0.29, 0.717) is 35.1 Å². The number of carbonyl (C=O) groups is 2. The Morgan fingerprint density at radius 2 is 1.76 bits per heavy atom. The average molecular weight is 421 g/mol. The lowest BCUT2D eigenvalue weighted by Gasteiger charge is -2.29. The van der Waals surface area contributed by atoms with Gasteiger partial charge in [0, 0.05) is 55.0 Å². The number of rotatable bonds is 4. The molecule has 0 atom stereocenters. The number of benzene rings is 1. The lowest BCUT2D eigenvalue weighted by molar-refractivity contribution is -0.134. The van der Waals surface area contributed by atoms with Crippen LogP contribution in [0.15, 0.2) is 40.8 Å². The number of aromatic nitrogens is 2. The van der Waals surface area contributed by atoms with E-state index in [-0.39, 0.29) is 0 Å². The summed E-state index contributed by atoms with van der Waals surface area (Å²) >= 11 is 6.02. The molecule has 3 aliphatic heterocycles. The zero-order valence-electron chi connectivity index (χ0n) is 15.6. The van der Waals surface area contributed by atoms with Gasteiger partial charge in [-0.3, -0.25) is 0 Å². The highest BCUT2D eigenvalue weighted by atomic mass is 35.5. The van der Waals surface area contributed by atoms with Gasteiger partial charge >= 0.3 is 18.0 Å². The molecule has 29 heavy (non-hydrogen) atoms. The third-order valence-corrected chi connectivity index (χ3v) is 4.99. The molecule has 1 aromatic carbocycles. The highest BCUT2D eigenvalue weighted by Crippen LogP contribution is 2.29. The Morgan fingerprint density at radius 1 is 1.07 bits per heavy atom. The summed E-state index contributed by atoms with van der Waals surface area (Å²) in [6, 6.07) is 8.67. The average Bonchev–Trinajstić information content (AvgIpc) is 2.99. The molecule has 2 aromatic rings. The van der Waals surface area contributed by atoms with Crippen molar-refractivity contribution in [2.24, 2.45) is 0 Å². The number of hydrogen-bond acceptors (Lipinski definition) is 7. The van der Waals surface area contributed by atoms with Gasteiger partial charge in [0.1, 0.15) is 0 Å². The molecule has 0 amide bonds. The minimum Gasteiger partial charge on any atom is -0.478 e. The van der Waals surface area contributed by atoms with Crippen LogP contribution in [0.3, 0.4) is 0 Å². The highest BCUT2D eigenvalue weighted by Gasteiger charge is 2.31. The number of piperidine rings is 1. The summed E-state index contributed by atoms with van der Waals surface area (Å²) in [7, 11) is 0. The standard InChI is InChI=1S/C15H17ClN4O.C4H4O4/c16-12-3-1-2-11(10-12)14-17-18-15(21-14)20-9-8-19-6-4-13(20)5-7-19;5-3(6)1-2-4(7)8/h1-3,10,13H,4-9H2;1-2H,(H,5,6)(H,7,8)/b;2-1+. The molecule has 2 N–H and O–H groups in total. The van der Waals surface area contributed by atoms with Crippen LogP contribution in [0.2, 0.25) is 5.02 Å². The van der Waals surface area contributed by atoms with Gasteiger partial charge in [-0.1, -0.05) is 22.8 Å². The Labute approximate surface area is 172 Å². The maximum absolute atomic E-state index is 9.55. The zero-order chi connectivity index (χ0) is 20.8. The van der Waals surface area contributed by atoms with E-state index in [4.69, 9.17) is 26.2 Å². The van der Waals surface area contributed by atoms with Crippen LogP contribution in [0.25, 0.3) is 11.5 Å². The summed E-state index contributed by atoms with van der Waals surface area (Å²) in [4.78, 5) is 23.9. The first kappa shape index (κ1) is 20.8. The first-order valence-electron chi connectivity index (χ1n) is 9.15. The van der Waals surface area contributed by atoms with Crippen LogP contribution in [-0.4, -0.2) is 69.5 Å². The molecule has 1 aromatic heterocycles. The van der Waals surface area contributed by atoms with Crippen LogP contribution in [0.4, 0.5) is 6.01 Å². The molecule has 0 aliphatic carbocycles. The predicted octanol–water partition coefficient (Wildman–Crippen LogP) is 2.39. The molecule has 154 valence electrons. The Morgan fingerprint density at radius 3 is 2.38 bits per heavy atom. The van der Waals surface area contributed by atoms with Crippen LogP contribution in [-0.2, 0) is 9.59 Å². The fourth-order valence-electron chi connectivity index (χ4n) is 3.35. The van der Waals surface area contributed by atoms with E-state index < -0.39 is 11.9 Å². The summed E-state index contributed by atoms with van der Waals surface area (Å²) in [5.74, 6) is -1.98. The molecule has 0 saturated carbocycles.